The standard InChI is InChI=1S/C29H32F2N8O3/c1-18-15-21(5-8-23(18)27(40)37-11-13-38(14-12-37)29(41)35-19(2)16-32)36-25-26-34-17-24(39(26)10-9-33-25)20-3-6-22(7-4-20)42-28(30)31/h3-10,15,17,19,28H,11-14,16,32H2,1-2H3,(H,33,36)(H,35,41)/t19-/m1/s1. The van der Waals surface area contributed by atoms with E-state index in [2.05, 4.69) is 25.3 Å². The van der Waals surface area contributed by atoms with Crippen LogP contribution in [-0.4, -0.2) is 81.5 Å². The molecule has 1 aliphatic rings. The number of imidazole rings is 1. The van der Waals surface area contributed by atoms with Gasteiger partial charge in [-0.2, -0.15) is 8.78 Å². The highest BCUT2D eigenvalue weighted by molar-refractivity contribution is 5.96. The zero-order chi connectivity index (χ0) is 29.8. The molecule has 3 heterocycles. The third kappa shape index (κ3) is 6.25. The summed E-state index contributed by atoms with van der Waals surface area (Å²) >= 11 is 0. The number of nitrogens with one attached hydrogen (secondary N) is 2. The first-order chi connectivity index (χ1) is 20.2. The van der Waals surface area contributed by atoms with Crippen molar-refractivity contribution >= 4 is 29.1 Å². The molecule has 220 valence electrons. The number of hydrogen-bond acceptors (Lipinski definition) is 7. The minimum atomic E-state index is -2.89. The van der Waals surface area contributed by atoms with Crippen LogP contribution >= 0.6 is 0 Å². The van der Waals surface area contributed by atoms with Crippen molar-refractivity contribution in [2.75, 3.05) is 38.0 Å². The second-order valence-corrected chi connectivity index (χ2v) is 10.0. The zero-order valence-corrected chi connectivity index (χ0v) is 23.3. The molecule has 1 fully saturated rings. The molecule has 42 heavy (non-hydrogen) atoms. The van der Waals surface area contributed by atoms with Crippen LogP contribution in [0.3, 0.4) is 0 Å². The SMILES string of the molecule is Cc1cc(Nc2nccn3c(-c4ccc(OC(F)F)cc4)cnc23)ccc1C(=O)N1CCN(C(=O)N[C@H](C)CN)CC1. The maximum Gasteiger partial charge on any atom is 0.387 e. The summed E-state index contributed by atoms with van der Waals surface area (Å²) < 4.78 is 31.3. The van der Waals surface area contributed by atoms with Gasteiger partial charge in [0.05, 0.1) is 11.9 Å². The van der Waals surface area contributed by atoms with Crippen LogP contribution in [0, 0.1) is 6.92 Å². The molecule has 0 bridgehead atoms. The van der Waals surface area contributed by atoms with Crippen LogP contribution in [0.15, 0.2) is 61.1 Å². The van der Waals surface area contributed by atoms with Gasteiger partial charge in [0.1, 0.15) is 5.75 Å². The first kappa shape index (κ1) is 28.7. The Morgan fingerprint density at radius 2 is 1.76 bits per heavy atom. The van der Waals surface area contributed by atoms with Gasteiger partial charge in [0.15, 0.2) is 11.5 Å². The van der Waals surface area contributed by atoms with Crippen molar-refractivity contribution in [3.05, 3.63) is 72.2 Å². The van der Waals surface area contributed by atoms with Crippen molar-refractivity contribution in [1.29, 1.82) is 0 Å². The van der Waals surface area contributed by atoms with E-state index in [-0.39, 0.29) is 23.7 Å². The number of nitrogens with two attached hydrogens (primary N) is 1. The minimum Gasteiger partial charge on any atom is -0.435 e. The third-order valence-electron chi connectivity index (χ3n) is 7.10. The van der Waals surface area contributed by atoms with Gasteiger partial charge in [-0.1, -0.05) is 0 Å². The molecule has 2 aromatic carbocycles. The van der Waals surface area contributed by atoms with Crippen molar-refractivity contribution in [2.45, 2.75) is 26.5 Å². The van der Waals surface area contributed by atoms with E-state index >= 15 is 0 Å². The summed E-state index contributed by atoms with van der Waals surface area (Å²) in [7, 11) is 0. The van der Waals surface area contributed by atoms with Crippen molar-refractivity contribution in [3.63, 3.8) is 0 Å². The van der Waals surface area contributed by atoms with Crippen LogP contribution in [-0.2, 0) is 0 Å². The van der Waals surface area contributed by atoms with E-state index in [0.717, 1.165) is 22.5 Å². The first-order valence-corrected chi connectivity index (χ1v) is 13.5. The molecule has 4 aromatic rings. The van der Waals surface area contributed by atoms with Crippen molar-refractivity contribution < 1.29 is 23.1 Å². The number of urea groups is 1. The number of aromatic nitrogens is 3. The average Bonchev–Trinajstić information content (AvgIpc) is 3.42. The summed E-state index contributed by atoms with van der Waals surface area (Å²) in [6.45, 7) is 2.98. The normalized spacial score (nSPS) is 14.2. The number of benzene rings is 2. The van der Waals surface area contributed by atoms with Crippen LogP contribution in [0.1, 0.15) is 22.8 Å². The molecular weight excluding hydrogens is 546 g/mol. The lowest BCUT2D eigenvalue weighted by atomic mass is 10.1. The van der Waals surface area contributed by atoms with E-state index in [0.29, 0.717) is 49.8 Å². The number of nitrogens with zero attached hydrogens (tertiary/aromatic N) is 5. The number of piperazine rings is 1. The number of halogens is 2. The maximum absolute atomic E-state index is 13.3. The number of aryl methyl sites for hydroxylation is 1. The predicted molar refractivity (Wildman–Crippen MR) is 154 cm³/mol. The number of carbonyl (C=O) groups is 2. The fourth-order valence-electron chi connectivity index (χ4n) is 4.79. The fraction of sp³-hybridized carbons (Fsp3) is 0.310. The summed E-state index contributed by atoms with van der Waals surface area (Å²) in [4.78, 5) is 38.1. The van der Waals surface area contributed by atoms with Crippen LogP contribution in [0.5, 0.6) is 5.75 Å². The van der Waals surface area contributed by atoms with Gasteiger partial charge < -0.3 is 30.9 Å². The molecule has 0 spiro atoms. The summed E-state index contributed by atoms with van der Waals surface area (Å²) in [6, 6.07) is 11.5. The number of amides is 3. The molecule has 13 heteroatoms. The van der Waals surface area contributed by atoms with Crippen LogP contribution in [0.4, 0.5) is 25.1 Å². The molecule has 2 aromatic heterocycles. The second kappa shape index (κ2) is 12.4. The number of rotatable bonds is 8. The highest BCUT2D eigenvalue weighted by Gasteiger charge is 2.26. The van der Waals surface area contributed by atoms with Gasteiger partial charge in [-0.05, 0) is 61.9 Å². The quantitative estimate of drug-likeness (QED) is 0.290. The highest BCUT2D eigenvalue weighted by atomic mass is 19.3. The average molecular weight is 579 g/mol. The maximum atomic E-state index is 13.3. The van der Waals surface area contributed by atoms with E-state index < -0.39 is 6.61 Å². The van der Waals surface area contributed by atoms with Crippen LogP contribution in [0.25, 0.3) is 16.9 Å². The van der Waals surface area contributed by atoms with Gasteiger partial charge in [-0.15, -0.1) is 0 Å². The Hall–Kier alpha value is -4.78. The van der Waals surface area contributed by atoms with Gasteiger partial charge >= 0.3 is 12.6 Å². The fourth-order valence-corrected chi connectivity index (χ4v) is 4.79. The van der Waals surface area contributed by atoms with Crippen molar-refractivity contribution in [3.8, 4) is 17.0 Å². The molecule has 3 amide bonds. The number of alkyl halides is 2. The Morgan fingerprint density at radius 1 is 1.05 bits per heavy atom. The predicted octanol–water partition coefficient (Wildman–Crippen LogP) is 3.86. The molecule has 11 nitrogen and oxygen atoms in total. The van der Waals surface area contributed by atoms with Crippen LogP contribution < -0.4 is 21.1 Å². The Kier molecular flexibility index (Phi) is 8.48. The molecule has 0 unspecified atom stereocenters. The van der Waals surface area contributed by atoms with Gasteiger partial charge in [0.2, 0.25) is 0 Å². The lowest BCUT2D eigenvalue weighted by molar-refractivity contribution is -0.0498. The van der Waals surface area contributed by atoms with Gasteiger partial charge in [-0.3, -0.25) is 9.20 Å². The molecular formula is C29H32F2N8O3. The number of ether oxygens (including phenoxy) is 1. The number of fused-ring (bicyclic) bond motifs is 1. The number of anilines is 2. The summed E-state index contributed by atoms with van der Waals surface area (Å²) in [5, 5.41) is 6.14. The van der Waals surface area contributed by atoms with E-state index in [1.54, 1.807) is 46.6 Å². The van der Waals surface area contributed by atoms with Gasteiger partial charge in [0.25, 0.3) is 5.91 Å². The summed E-state index contributed by atoms with van der Waals surface area (Å²) in [5.74, 6) is 0.502. The molecule has 1 saturated heterocycles. The van der Waals surface area contributed by atoms with Crippen molar-refractivity contribution in [1.82, 2.24) is 29.5 Å². The van der Waals surface area contributed by atoms with Crippen LogP contribution in [0.2, 0.25) is 0 Å². The summed E-state index contributed by atoms with van der Waals surface area (Å²) in [6.07, 6.45) is 5.08. The third-order valence-corrected chi connectivity index (χ3v) is 7.10. The Labute approximate surface area is 241 Å². The highest BCUT2D eigenvalue weighted by Crippen LogP contribution is 2.28. The van der Waals surface area contributed by atoms with Gasteiger partial charge in [-0.25, -0.2) is 14.8 Å². The molecule has 5 rings (SSSR count). The molecule has 0 saturated carbocycles. The lowest BCUT2D eigenvalue weighted by Gasteiger charge is -2.35. The smallest absolute Gasteiger partial charge is 0.387 e. The molecule has 0 radical (unpaired) electrons. The van der Waals surface area contributed by atoms with Crippen molar-refractivity contribution in [2.24, 2.45) is 5.73 Å². The largest absolute Gasteiger partial charge is 0.435 e. The second-order valence-electron chi connectivity index (χ2n) is 10.0. The molecule has 1 atom stereocenters. The number of hydrogen-bond donors (Lipinski definition) is 3. The van der Waals surface area contributed by atoms with E-state index in [9.17, 15) is 18.4 Å². The Bertz CT molecular complexity index is 1570. The summed E-state index contributed by atoms with van der Waals surface area (Å²) in [5.41, 5.74) is 9.80. The molecule has 4 N–H and O–H groups in total. The first-order valence-electron chi connectivity index (χ1n) is 13.5. The molecule has 0 aliphatic carbocycles. The van der Waals surface area contributed by atoms with Gasteiger partial charge in [0, 0.05) is 68.0 Å². The lowest BCUT2D eigenvalue weighted by Crippen LogP contribution is -2.55. The van der Waals surface area contributed by atoms with E-state index in [4.69, 9.17) is 5.73 Å². The molecule has 1 aliphatic heterocycles. The van der Waals surface area contributed by atoms with E-state index in [1.165, 1.54) is 12.1 Å². The monoisotopic (exact) mass is 578 g/mol. The zero-order valence-electron chi connectivity index (χ0n) is 23.3. The Morgan fingerprint density at radius 3 is 2.43 bits per heavy atom. The topological polar surface area (TPSA) is 130 Å². The Balaban J connectivity index is 1.26. The van der Waals surface area contributed by atoms with E-state index in [1.807, 2.05) is 30.4 Å². The number of carbonyl (C=O) groups excluding carboxylic acids is 2. The minimum absolute atomic E-state index is 0.0755.